The summed E-state index contributed by atoms with van der Waals surface area (Å²) in [6.45, 7) is 3.40. The van der Waals surface area contributed by atoms with E-state index in [-0.39, 0.29) is 12.1 Å². The van der Waals surface area contributed by atoms with E-state index < -0.39 is 0 Å². The van der Waals surface area contributed by atoms with E-state index in [0.717, 1.165) is 32.5 Å². The normalized spacial score (nSPS) is 29.5. The largest absolute Gasteiger partial charge is 0.394 e. The number of hydrogen-bond acceptors (Lipinski definition) is 4. The lowest BCUT2D eigenvalue weighted by atomic mass is 9.86. The van der Waals surface area contributed by atoms with E-state index in [1.165, 1.54) is 12.8 Å². The van der Waals surface area contributed by atoms with E-state index in [9.17, 15) is 5.11 Å². The lowest BCUT2D eigenvalue weighted by Gasteiger charge is -2.31. The maximum atomic E-state index is 9.39. The lowest BCUT2D eigenvalue weighted by molar-refractivity contribution is 0.146. The Morgan fingerprint density at radius 2 is 1.94 bits per heavy atom. The van der Waals surface area contributed by atoms with Crippen LogP contribution in [0.25, 0.3) is 0 Å². The zero-order chi connectivity index (χ0) is 12.9. The van der Waals surface area contributed by atoms with E-state index in [4.69, 9.17) is 5.73 Å². The molecular formula is C13H29N3O. The molecule has 0 bridgehead atoms. The molecule has 0 aromatic heterocycles. The quantitative estimate of drug-likeness (QED) is 0.678. The number of nitrogens with two attached hydrogens (primary N) is 1. The van der Waals surface area contributed by atoms with Gasteiger partial charge in [-0.2, -0.15) is 0 Å². The molecule has 1 fully saturated rings. The Labute approximate surface area is 106 Å². The highest BCUT2D eigenvalue weighted by atomic mass is 16.3. The van der Waals surface area contributed by atoms with Crippen molar-refractivity contribution in [2.24, 2.45) is 11.7 Å². The highest BCUT2D eigenvalue weighted by molar-refractivity contribution is 4.96. The van der Waals surface area contributed by atoms with Gasteiger partial charge in [0.1, 0.15) is 0 Å². The Bertz CT molecular complexity index is 223. The summed E-state index contributed by atoms with van der Waals surface area (Å²) in [6.07, 6.45) is 4.44. The fraction of sp³-hybridized carbons (Fsp3) is 1.00. The number of rotatable bonds is 7. The van der Waals surface area contributed by atoms with Gasteiger partial charge >= 0.3 is 0 Å². The Kier molecular flexibility index (Phi) is 5.86. The number of aliphatic hydroxyl groups is 1. The van der Waals surface area contributed by atoms with Crippen LogP contribution in [0.15, 0.2) is 0 Å². The average Bonchev–Trinajstić information content (AvgIpc) is 2.66. The van der Waals surface area contributed by atoms with Crippen molar-refractivity contribution in [2.45, 2.75) is 31.2 Å². The molecule has 1 saturated carbocycles. The van der Waals surface area contributed by atoms with Crippen molar-refractivity contribution >= 4 is 0 Å². The molecule has 0 heterocycles. The third kappa shape index (κ3) is 4.54. The maximum Gasteiger partial charge on any atom is 0.0613 e. The Balaban J connectivity index is 2.25. The van der Waals surface area contributed by atoms with Crippen LogP contribution < -0.4 is 5.73 Å². The number of aliphatic hydroxyl groups excluding tert-OH is 1. The molecule has 3 N–H and O–H groups in total. The second-order valence-corrected chi connectivity index (χ2v) is 5.88. The van der Waals surface area contributed by atoms with Crippen molar-refractivity contribution in [2.75, 3.05) is 47.4 Å². The van der Waals surface area contributed by atoms with Crippen LogP contribution in [0.1, 0.15) is 25.7 Å². The molecule has 102 valence electrons. The third-order valence-corrected chi connectivity index (χ3v) is 4.09. The van der Waals surface area contributed by atoms with Gasteiger partial charge in [0, 0.05) is 18.6 Å². The summed E-state index contributed by atoms with van der Waals surface area (Å²) in [5.41, 5.74) is 5.93. The molecule has 0 amide bonds. The van der Waals surface area contributed by atoms with Gasteiger partial charge < -0.3 is 20.6 Å². The van der Waals surface area contributed by atoms with Gasteiger partial charge in [-0.15, -0.1) is 0 Å². The van der Waals surface area contributed by atoms with Crippen molar-refractivity contribution in [3.8, 4) is 0 Å². The highest BCUT2D eigenvalue weighted by Crippen LogP contribution is 2.35. The fourth-order valence-corrected chi connectivity index (χ4v) is 2.67. The van der Waals surface area contributed by atoms with Crippen LogP contribution in [0.5, 0.6) is 0 Å². The van der Waals surface area contributed by atoms with E-state index in [0.29, 0.717) is 5.92 Å². The van der Waals surface area contributed by atoms with Crippen LogP contribution in [-0.4, -0.2) is 67.8 Å². The van der Waals surface area contributed by atoms with E-state index in [1.54, 1.807) is 0 Å². The summed E-state index contributed by atoms with van der Waals surface area (Å²) in [4.78, 5) is 4.56. The van der Waals surface area contributed by atoms with Gasteiger partial charge in [0.15, 0.2) is 0 Å². The van der Waals surface area contributed by atoms with Crippen LogP contribution >= 0.6 is 0 Å². The maximum absolute atomic E-state index is 9.39. The molecule has 2 atom stereocenters. The molecule has 0 aromatic carbocycles. The lowest BCUT2D eigenvalue weighted by Crippen LogP contribution is -2.47. The van der Waals surface area contributed by atoms with Gasteiger partial charge in [-0.1, -0.05) is 6.42 Å². The molecule has 2 unspecified atom stereocenters. The Morgan fingerprint density at radius 3 is 2.53 bits per heavy atom. The van der Waals surface area contributed by atoms with Crippen LogP contribution in [-0.2, 0) is 0 Å². The minimum atomic E-state index is -0.303. The molecule has 1 rings (SSSR count). The van der Waals surface area contributed by atoms with Gasteiger partial charge in [0.25, 0.3) is 0 Å². The second kappa shape index (κ2) is 6.69. The molecule has 0 aliphatic heterocycles. The number of likely N-dealkylation sites (N-methyl/N-ethyl adjacent to an activating group) is 2. The van der Waals surface area contributed by atoms with Crippen molar-refractivity contribution in [3.63, 3.8) is 0 Å². The van der Waals surface area contributed by atoms with Crippen molar-refractivity contribution in [1.29, 1.82) is 0 Å². The summed E-state index contributed by atoms with van der Waals surface area (Å²) in [6, 6.07) is 0. The molecule has 1 aliphatic carbocycles. The van der Waals surface area contributed by atoms with E-state index in [1.807, 2.05) is 0 Å². The molecule has 4 heteroatoms. The highest BCUT2D eigenvalue weighted by Gasteiger charge is 2.38. The van der Waals surface area contributed by atoms with Gasteiger partial charge in [0.05, 0.1) is 6.61 Å². The first-order valence-electron chi connectivity index (χ1n) is 6.71. The topological polar surface area (TPSA) is 52.7 Å². The summed E-state index contributed by atoms with van der Waals surface area (Å²) in [5, 5.41) is 9.39. The third-order valence-electron chi connectivity index (χ3n) is 4.09. The SMILES string of the molecule is CN(C)CCN(C)CCC1CCCC1(N)CO. The predicted molar refractivity (Wildman–Crippen MR) is 72.0 cm³/mol. The minimum absolute atomic E-state index is 0.138. The average molecular weight is 243 g/mol. The first-order valence-corrected chi connectivity index (χ1v) is 6.71. The van der Waals surface area contributed by atoms with Gasteiger partial charge in [0.2, 0.25) is 0 Å². The molecule has 17 heavy (non-hydrogen) atoms. The molecule has 0 radical (unpaired) electrons. The van der Waals surface area contributed by atoms with Crippen LogP contribution in [0.4, 0.5) is 0 Å². The monoisotopic (exact) mass is 243 g/mol. The van der Waals surface area contributed by atoms with E-state index >= 15 is 0 Å². The molecule has 0 aromatic rings. The van der Waals surface area contributed by atoms with Crippen LogP contribution in [0.2, 0.25) is 0 Å². The first kappa shape index (κ1) is 14.9. The predicted octanol–water partition coefficient (Wildman–Crippen LogP) is 0.360. The molecular weight excluding hydrogens is 214 g/mol. The Hall–Kier alpha value is -0.160. The smallest absolute Gasteiger partial charge is 0.0613 e. The molecule has 0 spiro atoms. The zero-order valence-electron chi connectivity index (χ0n) is 11.7. The van der Waals surface area contributed by atoms with Crippen LogP contribution in [0.3, 0.4) is 0 Å². The Morgan fingerprint density at radius 1 is 1.24 bits per heavy atom. The van der Waals surface area contributed by atoms with E-state index in [2.05, 4.69) is 30.9 Å². The first-order chi connectivity index (χ1) is 7.98. The molecule has 0 saturated heterocycles. The number of hydrogen-bond donors (Lipinski definition) is 2. The van der Waals surface area contributed by atoms with Crippen molar-refractivity contribution in [1.82, 2.24) is 9.80 Å². The minimum Gasteiger partial charge on any atom is -0.394 e. The van der Waals surface area contributed by atoms with Gasteiger partial charge in [-0.05, 0) is 52.9 Å². The van der Waals surface area contributed by atoms with Crippen molar-refractivity contribution in [3.05, 3.63) is 0 Å². The zero-order valence-corrected chi connectivity index (χ0v) is 11.7. The molecule has 1 aliphatic rings. The summed E-state index contributed by atoms with van der Waals surface area (Å²) in [7, 11) is 6.36. The summed E-state index contributed by atoms with van der Waals surface area (Å²) < 4.78 is 0. The standard InChI is InChI=1S/C13H29N3O/c1-15(2)9-10-16(3)8-6-12-5-4-7-13(12,14)11-17/h12,17H,4-11,14H2,1-3H3. The van der Waals surface area contributed by atoms with Gasteiger partial charge in [-0.25, -0.2) is 0 Å². The number of nitrogens with zero attached hydrogens (tertiary/aromatic N) is 2. The second-order valence-electron chi connectivity index (χ2n) is 5.88. The fourth-order valence-electron chi connectivity index (χ4n) is 2.67. The van der Waals surface area contributed by atoms with Crippen LogP contribution in [0, 0.1) is 5.92 Å². The molecule has 4 nitrogen and oxygen atoms in total. The van der Waals surface area contributed by atoms with Gasteiger partial charge in [-0.3, -0.25) is 0 Å². The van der Waals surface area contributed by atoms with Crippen molar-refractivity contribution < 1.29 is 5.11 Å². The summed E-state index contributed by atoms with van der Waals surface area (Å²) >= 11 is 0. The summed E-state index contributed by atoms with van der Waals surface area (Å²) in [5.74, 6) is 0.495.